The Kier molecular flexibility index (Phi) is 6.02. The molecule has 0 spiro atoms. The summed E-state index contributed by atoms with van der Waals surface area (Å²) in [6.07, 6.45) is 2.35. The van der Waals surface area contributed by atoms with Crippen molar-refractivity contribution < 1.29 is 13.2 Å². The smallest absolute Gasteiger partial charge is 0.221 e. The Morgan fingerprint density at radius 2 is 2.05 bits per heavy atom. The Bertz CT molecular complexity index is 599. The van der Waals surface area contributed by atoms with Crippen molar-refractivity contribution in [3.63, 3.8) is 0 Å². The molecule has 1 rings (SSSR count). The van der Waals surface area contributed by atoms with Crippen LogP contribution in [0.2, 0.25) is 0 Å². The van der Waals surface area contributed by atoms with Crippen molar-refractivity contribution in [2.75, 3.05) is 23.9 Å². The molecule has 0 saturated carbocycles. The third kappa shape index (κ3) is 5.63. The molecule has 0 heterocycles. The van der Waals surface area contributed by atoms with Gasteiger partial charge in [0, 0.05) is 25.3 Å². The van der Waals surface area contributed by atoms with E-state index in [1.807, 2.05) is 13.8 Å². The highest BCUT2D eigenvalue weighted by Gasteiger charge is 2.10. The molecule has 4 N–H and O–H groups in total. The van der Waals surface area contributed by atoms with E-state index in [-0.39, 0.29) is 16.8 Å². The molecule has 1 aromatic rings. The van der Waals surface area contributed by atoms with Gasteiger partial charge in [0.05, 0.1) is 16.3 Å². The molecular formula is C14H23N3O3S. The van der Waals surface area contributed by atoms with Crippen LogP contribution in [0.25, 0.3) is 0 Å². The molecule has 1 amide bonds. The lowest BCUT2D eigenvalue weighted by atomic mass is 10.2. The number of sulfone groups is 1. The minimum atomic E-state index is -3.26. The molecule has 1 atom stereocenters. The van der Waals surface area contributed by atoms with Crippen LogP contribution in [-0.2, 0) is 14.6 Å². The highest BCUT2D eigenvalue weighted by Crippen LogP contribution is 2.22. The highest BCUT2D eigenvalue weighted by atomic mass is 32.2. The molecule has 0 aromatic heterocycles. The lowest BCUT2D eigenvalue weighted by Gasteiger charge is -2.13. The van der Waals surface area contributed by atoms with Crippen molar-refractivity contribution in [1.29, 1.82) is 0 Å². The standard InChI is InChI=1S/C14H23N3O3S/c1-4-10(2)17-14(18)7-8-16-13-6-5-11(9-12(13)15)21(3,19)20/h5-6,9-10,16H,4,7-8,15H2,1-3H3,(H,17,18). The summed E-state index contributed by atoms with van der Waals surface area (Å²) in [6, 6.07) is 4.68. The molecule has 6 nitrogen and oxygen atoms in total. The van der Waals surface area contributed by atoms with E-state index in [2.05, 4.69) is 10.6 Å². The fourth-order valence-corrected chi connectivity index (χ4v) is 2.35. The zero-order valence-electron chi connectivity index (χ0n) is 12.6. The number of benzene rings is 1. The molecule has 0 fully saturated rings. The maximum atomic E-state index is 11.6. The molecule has 1 aromatic carbocycles. The second-order valence-electron chi connectivity index (χ2n) is 5.07. The van der Waals surface area contributed by atoms with E-state index < -0.39 is 9.84 Å². The largest absolute Gasteiger partial charge is 0.397 e. The first kappa shape index (κ1) is 17.3. The van der Waals surface area contributed by atoms with Gasteiger partial charge in [0.15, 0.2) is 9.84 Å². The van der Waals surface area contributed by atoms with E-state index in [9.17, 15) is 13.2 Å². The third-order valence-electron chi connectivity index (χ3n) is 3.14. The van der Waals surface area contributed by atoms with Crippen LogP contribution in [0.5, 0.6) is 0 Å². The van der Waals surface area contributed by atoms with E-state index in [0.717, 1.165) is 12.7 Å². The number of carbonyl (C=O) groups excluding carboxylic acids is 1. The van der Waals surface area contributed by atoms with Gasteiger partial charge in [-0.25, -0.2) is 8.42 Å². The fraction of sp³-hybridized carbons (Fsp3) is 0.500. The molecule has 0 saturated heterocycles. The van der Waals surface area contributed by atoms with E-state index in [4.69, 9.17) is 5.73 Å². The normalized spacial score (nSPS) is 12.7. The Balaban J connectivity index is 2.55. The Morgan fingerprint density at radius 1 is 1.38 bits per heavy atom. The summed E-state index contributed by atoms with van der Waals surface area (Å²) in [7, 11) is -3.26. The van der Waals surface area contributed by atoms with Crippen molar-refractivity contribution in [2.45, 2.75) is 37.6 Å². The highest BCUT2D eigenvalue weighted by molar-refractivity contribution is 7.90. The molecule has 0 bridgehead atoms. The summed E-state index contributed by atoms with van der Waals surface area (Å²) >= 11 is 0. The predicted octanol–water partition coefficient (Wildman–Crippen LogP) is 1.39. The van der Waals surface area contributed by atoms with Crippen LogP contribution in [0.1, 0.15) is 26.7 Å². The second kappa shape index (κ2) is 7.31. The number of carbonyl (C=O) groups is 1. The Hall–Kier alpha value is -1.76. The first-order valence-corrected chi connectivity index (χ1v) is 8.76. The SMILES string of the molecule is CCC(C)NC(=O)CCNc1ccc(S(C)(=O)=O)cc1N. The minimum Gasteiger partial charge on any atom is -0.397 e. The van der Waals surface area contributed by atoms with Gasteiger partial charge in [-0.3, -0.25) is 4.79 Å². The van der Waals surface area contributed by atoms with Crippen LogP contribution in [-0.4, -0.2) is 33.2 Å². The molecule has 118 valence electrons. The summed E-state index contributed by atoms with van der Waals surface area (Å²) in [5.74, 6) is -0.0248. The zero-order chi connectivity index (χ0) is 16.0. The first-order chi connectivity index (χ1) is 9.74. The van der Waals surface area contributed by atoms with E-state index in [1.165, 1.54) is 12.1 Å². The van der Waals surface area contributed by atoms with Gasteiger partial charge in [0.2, 0.25) is 5.91 Å². The van der Waals surface area contributed by atoms with Crippen molar-refractivity contribution >= 4 is 27.1 Å². The fourth-order valence-electron chi connectivity index (χ4n) is 1.69. The molecule has 0 aliphatic rings. The van der Waals surface area contributed by atoms with Gasteiger partial charge in [-0.05, 0) is 31.5 Å². The van der Waals surface area contributed by atoms with E-state index in [0.29, 0.717) is 24.3 Å². The summed E-state index contributed by atoms with van der Waals surface area (Å²) < 4.78 is 22.8. The Morgan fingerprint density at radius 3 is 2.57 bits per heavy atom. The van der Waals surface area contributed by atoms with Crippen LogP contribution < -0.4 is 16.4 Å². The molecule has 0 radical (unpaired) electrons. The topological polar surface area (TPSA) is 101 Å². The number of anilines is 2. The van der Waals surface area contributed by atoms with Gasteiger partial charge in [0.1, 0.15) is 0 Å². The number of hydrogen-bond acceptors (Lipinski definition) is 5. The van der Waals surface area contributed by atoms with Crippen LogP contribution in [0, 0.1) is 0 Å². The minimum absolute atomic E-state index is 0.0248. The molecule has 0 aliphatic heterocycles. The van der Waals surface area contributed by atoms with Gasteiger partial charge in [0.25, 0.3) is 0 Å². The van der Waals surface area contributed by atoms with Crippen LogP contribution >= 0.6 is 0 Å². The second-order valence-corrected chi connectivity index (χ2v) is 7.09. The third-order valence-corrected chi connectivity index (χ3v) is 4.25. The van der Waals surface area contributed by atoms with Crippen molar-refractivity contribution in [3.05, 3.63) is 18.2 Å². The molecule has 0 aliphatic carbocycles. The lowest BCUT2D eigenvalue weighted by molar-refractivity contribution is -0.121. The monoisotopic (exact) mass is 313 g/mol. The van der Waals surface area contributed by atoms with E-state index in [1.54, 1.807) is 6.07 Å². The quantitative estimate of drug-likeness (QED) is 0.660. The number of hydrogen-bond donors (Lipinski definition) is 3. The first-order valence-electron chi connectivity index (χ1n) is 6.87. The number of rotatable bonds is 7. The average molecular weight is 313 g/mol. The lowest BCUT2D eigenvalue weighted by Crippen LogP contribution is -2.32. The maximum absolute atomic E-state index is 11.6. The van der Waals surface area contributed by atoms with Crippen molar-refractivity contribution in [1.82, 2.24) is 5.32 Å². The van der Waals surface area contributed by atoms with Gasteiger partial charge >= 0.3 is 0 Å². The van der Waals surface area contributed by atoms with Crippen molar-refractivity contribution in [2.24, 2.45) is 0 Å². The summed E-state index contributed by atoms with van der Waals surface area (Å²) in [5, 5.41) is 5.90. The van der Waals surface area contributed by atoms with Gasteiger partial charge in [-0.2, -0.15) is 0 Å². The summed E-state index contributed by atoms with van der Waals surface area (Å²) in [4.78, 5) is 11.8. The number of nitrogens with one attached hydrogen (secondary N) is 2. The van der Waals surface area contributed by atoms with Crippen LogP contribution in [0.15, 0.2) is 23.1 Å². The molecule has 1 unspecified atom stereocenters. The molecule has 7 heteroatoms. The van der Waals surface area contributed by atoms with Gasteiger partial charge < -0.3 is 16.4 Å². The Labute approximate surface area is 126 Å². The summed E-state index contributed by atoms with van der Waals surface area (Å²) in [6.45, 7) is 4.39. The molecular weight excluding hydrogens is 290 g/mol. The number of amides is 1. The van der Waals surface area contributed by atoms with Crippen LogP contribution in [0.3, 0.4) is 0 Å². The maximum Gasteiger partial charge on any atom is 0.221 e. The predicted molar refractivity (Wildman–Crippen MR) is 85.0 cm³/mol. The summed E-state index contributed by atoms with van der Waals surface area (Å²) in [5.41, 5.74) is 6.78. The molecule has 21 heavy (non-hydrogen) atoms. The van der Waals surface area contributed by atoms with Gasteiger partial charge in [-0.15, -0.1) is 0 Å². The van der Waals surface area contributed by atoms with E-state index >= 15 is 0 Å². The number of nitrogens with two attached hydrogens (primary N) is 1. The average Bonchev–Trinajstić information content (AvgIpc) is 2.39. The van der Waals surface area contributed by atoms with Crippen molar-refractivity contribution in [3.8, 4) is 0 Å². The van der Waals surface area contributed by atoms with Crippen LogP contribution in [0.4, 0.5) is 11.4 Å². The zero-order valence-corrected chi connectivity index (χ0v) is 13.5. The van der Waals surface area contributed by atoms with Gasteiger partial charge in [-0.1, -0.05) is 6.92 Å². The number of nitrogen functional groups attached to an aromatic ring is 1.